The summed E-state index contributed by atoms with van der Waals surface area (Å²) in [6.45, 7) is 7.15. The first-order valence-corrected chi connectivity index (χ1v) is 34.8. The Bertz CT molecular complexity index is 4180. The maximum Gasteiger partial charge on any atom is 0.416 e. The van der Waals surface area contributed by atoms with Gasteiger partial charge in [-0.15, -0.1) is 0 Å². The molecule has 4 aromatic carbocycles. The van der Waals surface area contributed by atoms with Crippen molar-refractivity contribution in [2.24, 2.45) is 0 Å². The van der Waals surface area contributed by atoms with Crippen molar-refractivity contribution < 1.29 is 79.2 Å². The molecule has 9 rings (SSSR count). The number of hydrogen-bond acceptors (Lipinski definition) is 14. The lowest BCUT2D eigenvalue weighted by molar-refractivity contribution is -0.437. The van der Waals surface area contributed by atoms with E-state index in [1.165, 1.54) is 42.5 Å². The van der Waals surface area contributed by atoms with E-state index >= 15 is 0 Å². The molecule has 3 amide bonds. The number of urea groups is 1. The zero-order chi connectivity index (χ0) is 64.5. The SMILES string of the molecule is CC1(C)C(/C=C/C=C/C=C2\N(CCCS(=O)(=O)O)c3ccc(S(=O)(=O)O)cc3C2(C)CCCCCC(=O)NCc2ccc(NC(=O)N3c4nc(-c5cccc(C(F)(F)F)c5)ccc4N4CCCC3C4)cc2)=[N+](CCCS(=O)(=O)O)c2ccc(S(=O)(=O)[O-])cc21. The first kappa shape index (κ1) is 66.1. The molecule has 0 saturated carbocycles. The number of anilines is 4. The smallest absolute Gasteiger partial charge is 0.416 e. The number of fused-ring (bicyclic) bond motifs is 6. The fraction of sp³-hybridized carbons (Fsp3) is 0.377. The van der Waals surface area contributed by atoms with Gasteiger partial charge in [0.1, 0.15) is 16.7 Å². The predicted octanol–water partition coefficient (Wildman–Crippen LogP) is 9.91. The average Bonchev–Trinajstić information content (AvgIpc) is 1.77. The van der Waals surface area contributed by atoms with Gasteiger partial charge >= 0.3 is 12.2 Å². The van der Waals surface area contributed by atoms with Gasteiger partial charge in [0.25, 0.3) is 30.4 Å². The number of allylic oxidation sites excluding steroid dienone is 6. The van der Waals surface area contributed by atoms with Crippen LogP contribution in [0.5, 0.6) is 0 Å². The number of piperidine rings is 1. The number of alkyl halides is 3. The molecule has 1 fully saturated rings. The number of rotatable bonds is 23. The van der Waals surface area contributed by atoms with E-state index in [4.69, 9.17) is 4.98 Å². The second kappa shape index (κ2) is 25.9. The van der Waals surface area contributed by atoms with Gasteiger partial charge in [-0.05, 0) is 137 Å². The highest BCUT2D eigenvalue weighted by Gasteiger charge is 2.46. The molecule has 2 unspecified atom stereocenters. The highest BCUT2D eigenvalue weighted by atomic mass is 32.2. The number of nitrogens with zero attached hydrogens (tertiary/aromatic N) is 5. The fourth-order valence-corrected chi connectivity index (χ4v) is 14.2. The number of benzene rings is 4. The van der Waals surface area contributed by atoms with Gasteiger partial charge in [-0.3, -0.25) is 23.4 Å². The molecule has 1 aromatic heterocycles. The number of carbonyl (C=O) groups is 2. The molecule has 4 aliphatic rings. The quantitative estimate of drug-likeness (QED) is 0.0176. The standard InChI is InChI=1S/C61H68F3N7O14S4/c1-59(2)48-37-46(88(80,81)82)24-27-51(48)69(32-12-34-86(74,75)76)54(59)17-6-4-7-18-55-60(3,49-38-47(89(83,84)85)25-28-52(49)70(55)33-13-35-87(77,78)79)30-9-5-8-19-56(72)65-39-41-20-22-44(23-21-41)66-58(73)71-45-16-11-31-68(40-45)53-29-26-50(67-57(53)71)42-14-10-15-43(36-42)61(62,63)64/h4,6-7,10,14-15,17-18,20-29,36-38,45H,5,8-9,11-13,16,19,30-35,39-40H2,1-3H3,(H5-,65,66,72,73,74,75,76,77,78,79,80,81,82,83,84,85). The maximum absolute atomic E-state index is 14.1. The first-order valence-electron chi connectivity index (χ1n) is 28.7. The highest BCUT2D eigenvalue weighted by molar-refractivity contribution is 7.86. The van der Waals surface area contributed by atoms with Crippen LogP contribution in [0.2, 0.25) is 0 Å². The Morgan fingerprint density at radius 3 is 2.18 bits per heavy atom. The monoisotopic (exact) mass is 1310 g/mol. The van der Waals surface area contributed by atoms with Crippen molar-refractivity contribution in [1.82, 2.24) is 10.3 Å². The summed E-state index contributed by atoms with van der Waals surface area (Å²) in [4.78, 5) is 36.8. The van der Waals surface area contributed by atoms with Crippen LogP contribution in [0.1, 0.15) is 101 Å². The third kappa shape index (κ3) is 15.5. The van der Waals surface area contributed by atoms with Gasteiger partial charge in [-0.25, -0.2) is 18.2 Å². The summed E-state index contributed by atoms with van der Waals surface area (Å²) in [6, 6.07) is 22.6. The van der Waals surface area contributed by atoms with Gasteiger partial charge in [0.05, 0.1) is 49.7 Å². The third-order valence-corrected chi connectivity index (χ3v) is 19.9. The van der Waals surface area contributed by atoms with E-state index < -0.39 is 85.5 Å². The Hall–Kier alpha value is -7.31. The van der Waals surface area contributed by atoms with Gasteiger partial charge in [0.2, 0.25) is 11.6 Å². The Balaban J connectivity index is 0.863. The van der Waals surface area contributed by atoms with Crippen LogP contribution in [0.4, 0.5) is 46.5 Å². The average molecular weight is 1310 g/mol. The van der Waals surface area contributed by atoms with Crippen molar-refractivity contribution in [3.8, 4) is 11.3 Å². The fourth-order valence-electron chi connectivity index (χ4n) is 12.2. The predicted molar refractivity (Wildman–Crippen MR) is 329 cm³/mol. The number of unbranched alkanes of at least 4 members (excludes halogenated alkanes) is 2. The van der Waals surface area contributed by atoms with Crippen molar-refractivity contribution in [3.63, 3.8) is 0 Å². The normalized spacial score (nSPS) is 18.9. The maximum atomic E-state index is 14.1. The number of pyridine rings is 1. The van der Waals surface area contributed by atoms with Crippen LogP contribution in [0.3, 0.4) is 0 Å². The summed E-state index contributed by atoms with van der Waals surface area (Å²) in [5, 5.41) is 5.88. The molecule has 5 heterocycles. The van der Waals surface area contributed by atoms with E-state index in [0.29, 0.717) is 95.4 Å². The number of aromatic nitrogens is 1. The molecule has 1 saturated heterocycles. The van der Waals surface area contributed by atoms with E-state index in [1.54, 1.807) is 96.2 Å². The molecule has 5 aromatic rings. The van der Waals surface area contributed by atoms with Crippen molar-refractivity contribution in [1.29, 1.82) is 0 Å². The van der Waals surface area contributed by atoms with Gasteiger partial charge in [-0.2, -0.15) is 43.0 Å². The van der Waals surface area contributed by atoms with Crippen LogP contribution in [0, 0.1) is 0 Å². The summed E-state index contributed by atoms with van der Waals surface area (Å²) in [7, 11) is -18.2. The van der Waals surface area contributed by atoms with Crippen molar-refractivity contribution in [3.05, 3.63) is 155 Å². The van der Waals surface area contributed by atoms with E-state index in [1.807, 2.05) is 11.8 Å². The minimum Gasteiger partial charge on any atom is -0.744 e. The van der Waals surface area contributed by atoms with Gasteiger partial charge in [0, 0.05) is 84.8 Å². The minimum atomic E-state index is -4.83. The molecule has 28 heteroatoms. The second-order valence-electron chi connectivity index (χ2n) is 23.2. The topological polar surface area (TPSA) is 304 Å². The molecule has 0 aliphatic carbocycles. The van der Waals surface area contributed by atoms with E-state index in [2.05, 4.69) is 15.5 Å². The van der Waals surface area contributed by atoms with E-state index in [0.717, 1.165) is 30.7 Å². The Kier molecular flexibility index (Phi) is 19.2. The van der Waals surface area contributed by atoms with Gasteiger partial charge in [-0.1, -0.05) is 55.3 Å². The largest absolute Gasteiger partial charge is 0.744 e. The highest BCUT2D eigenvalue weighted by Crippen LogP contribution is 2.52. The Labute approximate surface area is 515 Å². The molecule has 0 spiro atoms. The lowest BCUT2D eigenvalue weighted by atomic mass is 9.77. The van der Waals surface area contributed by atoms with Crippen molar-refractivity contribution >= 4 is 86.7 Å². The Morgan fingerprint density at radius 2 is 1.48 bits per heavy atom. The molecule has 2 atom stereocenters. The number of hydrogen-bond donors (Lipinski definition) is 5. The van der Waals surface area contributed by atoms with Crippen molar-refractivity contribution in [2.75, 3.05) is 57.7 Å². The Morgan fingerprint density at radius 1 is 0.787 bits per heavy atom. The molecular formula is C61H68F3N7O14S4. The molecule has 476 valence electrons. The summed E-state index contributed by atoms with van der Waals surface area (Å²) in [5.74, 6) is -1.01. The molecule has 4 aliphatic heterocycles. The van der Waals surface area contributed by atoms with Crippen LogP contribution >= 0.6 is 0 Å². The van der Waals surface area contributed by atoms with Crippen LogP contribution in [0.25, 0.3) is 11.3 Å². The molecule has 2 bridgehead atoms. The number of carbonyl (C=O) groups excluding carboxylic acids is 2. The molecule has 21 nitrogen and oxygen atoms in total. The molecule has 5 N–H and O–H groups in total. The number of amides is 3. The van der Waals surface area contributed by atoms with Crippen LogP contribution < -0.4 is 25.3 Å². The summed E-state index contributed by atoms with van der Waals surface area (Å²) in [5.41, 5.74) is 3.06. The molecule has 0 radical (unpaired) electrons. The summed E-state index contributed by atoms with van der Waals surface area (Å²) >= 11 is 0. The lowest BCUT2D eigenvalue weighted by Gasteiger charge is -2.45. The summed E-state index contributed by atoms with van der Waals surface area (Å²) < 4.78 is 180. The van der Waals surface area contributed by atoms with E-state index in [-0.39, 0.29) is 61.3 Å². The van der Waals surface area contributed by atoms with Crippen LogP contribution in [-0.2, 0) is 68.8 Å². The zero-order valence-corrected chi connectivity index (χ0v) is 52.1. The van der Waals surface area contributed by atoms with Crippen LogP contribution in [-0.4, -0.2) is 123 Å². The van der Waals surface area contributed by atoms with E-state index in [9.17, 15) is 74.6 Å². The van der Waals surface area contributed by atoms with Gasteiger partial charge < -0.3 is 25.0 Å². The van der Waals surface area contributed by atoms with Crippen molar-refractivity contribution in [2.45, 2.75) is 118 Å². The summed E-state index contributed by atoms with van der Waals surface area (Å²) in [6.07, 6.45) is 7.57. The lowest BCUT2D eigenvalue weighted by Crippen LogP contribution is -2.56. The minimum absolute atomic E-state index is 0.00299. The zero-order valence-electron chi connectivity index (χ0n) is 48.9. The second-order valence-corrected chi connectivity index (χ2v) is 29.1. The first-order chi connectivity index (χ1) is 41.7. The molecular weight excluding hydrogens is 1240 g/mol. The van der Waals surface area contributed by atoms with Crippen LogP contribution in [0.15, 0.2) is 143 Å². The van der Waals surface area contributed by atoms with Gasteiger partial charge in [0.15, 0.2) is 11.5 Å². The number of halogens is 3. The number of nitrogens with one attached hydrogen (secondary N) is 2. The third-order valence-electron chi connectivity index (χ3n) is 16.6. The molecule has 89 heavy (non-hydrogen) atoms.